The molecule has 1 fully saturated rings. The maximum absolute atomic E-state index is 5.68. The van der Waals surface area contributed by atoms with Gasteiger partial charge < -0.3 is 19.7 Å². The van der Waals surface area contributed by atoms with Gasteiger partial charge in [0.1, 0.15) is 12.4 Å². The Balaban J connectivity index is 0.00000133. The van der Waals surface area contributed by atoms with Crippen molar-refractivity contribution in [3.05, 3.63) is 17.7 Å². The van der Waals surface area contributed by atoms with E-state index < -0.39 is 0 Å². The first-order chi connectivity index (χ1) is 8.93. The van der Waals surface area contributed by atoms with Crippen LogP contribution in [-0.4, -0.2) is 44.4 Å². The quantitative estimate of drug-likeness (QED) is 0.840. The fourth-order valence-corrected chi connectivity index (χ4v) is 2.31. The number of anilines is 1. The minimum Gasteiger partial charge on any atom is -0.476 e. The van der Waals surface area contributed by atoms with Gasteiger partial charge in [-0.05, 0) is 18.6 Å². The molecule has 5 nitrogen and oxygen atoms in total. The summed E-state index contributed by atoms with van der Waals surface area (Å²) in [6, 6.07) is 4.20. The fraction of sp³-hybridized carbons (Fsp3) is 0.615. The van der Waals surface area contributed by atoms with E-state index in [1.54, 1.807) is 0 Å². The number of rotatable bonds is 1. The molecule has 6 heteroatoms. The van der Waals surface area contributed by atoms with Crippen LogP contribution in [0.3, 0.4) is 0 Å². The number of halogens is 1. The summed E-state index contributed by atoms with van der Waals surface area (Å²) < 4.78 is 11.1. The molecule has 3 heterocycles. The minimum absolute atomic E-state index is 0. The van der Waals surface area contributed by atoms with Gasteiger partial charge in [0.05, 0.1) is 6.61 Å². The number of ether oxygens (including phenoxy) is 2. The molecule has 1 saturated heterocycles. The van der Waals surface area contributed by atoms with Crippen LogP contribution in [0.15, 0.2) is 12.1 Å². The van der Waals surface area contributed by atoms with Crippen molar-refractivity contribution in [3.63, 3.8) is 0 Å². The summed E-state index contributed by atoms with van der Waals surface area (Å²) >= 11 is 0. The van der Waals surface area contributed by atoms with Crippen molar-refractivity contribution >= 4 is 18.2 Å². The average Bonchev–Trinajstić information content (AvgIpc) is 2.80. The molecule has 3 rings (SSSR count). The van der Waals surface area contributed by atoms with E-state index in [0.717, 1.165) is 63.1 Å². The second-order valence-corrected chi connectivity index (χ2v) is 4.61. The van der Waals surface area contributed by atoms with Gasteiger partial charge in [0.15, 0.2) is 0 Å². The number of aromatic nitrogens is 1. The van der Waals surface area contributed by atoms with Crippen LogP contribution in [0, 0.1) is 0 Å². The Labute approximate surface area is 119 Å². The maximum atomic E-state index is 5.68. The molecule has 1 N–H and O–H groups in total. The van der Waals surface area contributed by atoms with Crippen LogP contribution in [0.25, 0.3) is 0 Å². The van der Waals surface area contributed by atoms with Crippen molar-refractivity contribution in [1.29, 1.82) is 0 Å². The third-order valence-corrected chi connectivity index (χ3v) is 3.30. The predicted molar refractivity (Wildman–Crippen MR) is 76.3 cm³/mol. The molecule has 0 bridgehead atoms. The summed E-state index contributed by atoms with van der Waals surface area (Å²) in [6.07, 6.45) is 1.06. The molecule has 106 valence electrons. The van der Waals surface area contributed by atoms with Crippen molar-refractivity contribution in [2.75, 3.05) is 44.4 Å². The largest absolute Gasteiger partial charge is 0.476 e. The first kappa shape index (κ1) is 14.4. The Morgan fingerprint density at radius 3 is 3.05 bits per heavy atom. The Morgan fingerprint density at radius 1 is 1.16 bits per heavy atom. The van der Waals surface area contributed by atoms with E-state index in [0.29, 0.717) is 6.61 Å². The second kappa shape index (κ2) is 6.93. The van der Waals surface area contributed by atoms with Gasteiger partial charge in [-0.25, -0.2) is 0 Å². The number of hydrogen-bond donors (Lipinski definition) is 1. The molecule has 0 saturated carbocycles. The first-order valence-electron chi connectivity index (χ1n) is 6.59. The van der Waals surface area contributed by atoms with Gasteiger partial charge in [-0.15, -0.1) is 12.4 Å². The van der Waals surface area contributed by atoms with Gasteiger partial charge >= 0.3 is 0 Å². The Bertz CT molecular complexity index is 409. The molecule has 0 atom stereocenters. The lowest BCUT2D eigenvalue weighted by atomic mass is 10.2. The highest BCUT2D eigenvalue weighted by Gasteiger charge is 2.15. The molecule has 0 amide bonds. The molecule has 0 spiro atoms. The van der Waals surface area contributed by atoms with Gasteiger partial charge in [-0.1, -0.05) is 0 Å². The lowest BCUT2D eigenvalue weighted by Gasteiger charge is -2.21. The number of nitrogens with one attached hydrogen (secondary N) is 1. The molecule has 1 aromatic rings. The Hall–Kier alpha value is -1.04. The monoisotopic (exact) mass is 285 g/mol. The van der Waals surface area contributed by atoms with Crippen LogP contribution in [0.1, 0.15) is 12.0 Å². The van der Waals surface area contributed by atoms with Gasteiger partial charge in [-0.2, -0.15) is 4.98 Å². The lowest BCUT2D eigenvalue weighted by molar-refractivity contribution is 0.152. The highest BCUT2D eigenvalue weighted by Crippen LogP contribution is 2.23. The molecule has 0 radical (unpaired) electrons. The zero-order valence-corrected chi connectivity index (χ0v) is 11.7. The van der Waals surface area contributed by atoms with Crippen LogP contribution >= 0.6 is 12.4 Å². The summed E-state index contributed by atoms with van der Waals surface area (Å²) in [4.78, 5) is 6.92. The fourth-order valence-electron chi connectivity index (χ4n) is 2.31. The summed E-state index contributed by atoms with van der Waals surface area (Å²) in [6.45, 7) is 5.94. The molecule has 19 heavy (non-hydrogen) atoms. The van der Waals surface area contributed by atoms with Crippen LogP contribution in [0.5, 0.6) is 5.88 Å². The number of fused-ring (bicyclic) bond motifs is 1. The van der Waals surface area contributed by atoms with Crippen LogP contribution in [0.4, 0.5) is 5.82 Å². The SMILES string of the molecule is Cl.c1cc2c(nc1N1CCCOCC1)OCCNC2. The number of hydrogen-bond acceptors (Lipinski definition) is 5. The van der Waals surface area contributed by atoms with E-state index in [4.69, 9.17) is 9.47 Å². The molecule has 1 aromatic heterocycles. The van der Waals surface area contributed by atoms with Crippen LogP contribution < -0.4 is 15.0 Å². The number of nitrogens with zero attached hydrogens (tertiary/aromatic N) is 2. The van der Waals surface area contributed by atoms with E-state index in [-0.39, 0.29) is 12.4 Å². The van der Waals surface area contributed by atoms with Crippen molar-refractivity contribution in [2.45, 2.75) is 13.0 Å². The predicted octanol–water partition coefficient (Wildman–Crippen LogP) is 1.21. The van der Waals surface area contributed by atoms with Crippen LogP contribution in [0.2, 0.25) is 0 Å². The smallest absolute Gasteiger partial charge is 0.219 e. The molecular weight excluding hydrogens is 266 g/mol. The first-order valence-corrected chi connectivity index (χ1v) is 6.59. The van der Waals surface area contributed by atoms with Gasteiger partial charge in [0.25, 0.3) is 0 Å². The normalized spacial score (nSPS) is 19.5. The van der Waals surface area contributed by atoms with Crippen molar-refractivity contribution in [1.82, 2.24) is 10.3 Å². The Morgan fingerprint density at radius 2 is 2.11 bits per heavy atom. The average molecular weight is 286 g/mol. The van der Waals surface area contributed by atoms with Gasteiger partial charge in [-0.3, -0.25) is 0 Å². The topological polar surface area (TPSA) is 46.6 Å². The van der Waals surface area contributed by atoms with Gasteiger partial charge in [0, 0.05) is 38.3 Å². The van der Waals surface area contributed by atoms with E-state index in [1.807, 2.05) is 0 Å². The zero-order chi connectivity index (χ0) is 12.2. The van der Waals surface area contributed by atoms with Crippen LogP contribution in [-0.2, 0) is 11.3 Å². The number of pyridine rings is 1. The van der Waals surface area contributed by atoms with E-state index in [1.165, 1.54) is 0 Å². The summed E-state index contributed by atoms with van der Waals surface area (Å²) in [7, 11) is 0. The summed E-state index contributed by atoms with van der Waals surface area (Å²) in [5, 5.41) is 3.31. The van der Waals surface area contributed by atoms with E-state index in [9.17, 15) is 0 Å². The molecule has 0 aromatic carbocycles. The van der Waals surface area contributed by atoms with Crippen molar-refractivity contribution < 1.29 is 9.47 Å². The molecule has 2 aliphatic heterocycles. The van der Waals surface area contributed by atoms with Crippen molar-refractivity contribution in [3.8, 4) is 5.88 Å². The third kappa shape index (κ3) is 3.49. The highest BCUT2D eigenvalue weighted by atomic mass is 35.5. The van der Waals surface area contributed by atoms with E-state index >= 15 is 0 Å². The molecular formula is C13H20ClN3O2. The zero-order valence-electron chi connectivity index (χ0n) is 10.9. The second-order valence-electron chi connectivity index (χ2n) is 4.61. The molecule has 0 aliphatic carbocycles. The highest BCUT2D eigenvalue weighted by molar-refractivity contribution is 5.85. The van der Waals surface area contributed by atoms with E-state index in [2.05, 4.69) is 27.3 Å². The summed E-state index contributed by atoms with van der Waals surface area (Å²) in [5.41, 5.74) is 1.14. The minimum atomic E-state index is 0. The lowest BCUT2D eigenvalue weighted by Crippen LogP contribution is -2.26. The maximum Gasteiger partial charge on any atom is 0.219 e. The molecule has 2 aliphatic rings. The summed E-state index contributed by atoms with van der Waals surface area (Å²) in [5.74, 6) is 1.78. The Kier molecular flexibility index (Phi) is 5.24. The standard InChI is InChI=1S/C13H19N3O2.ClH/c1-5-16(6-9-17-7-1)12-3-2-11-10-14-4-8-18-13(11)15-12;/h2-3,14H,1,4-10H2;1H. The molecule has 0 unspecified atom stereocenters. The van der Waals surface area contributed by atoms with Crippen molar-refractivity contribution in [2.24, 2.45) is 0 Å². The van der Waals surface area contributed by atoms with Gasteiger partial charge in [0.2, 0.25) is 5.88 Å². The third-order valence-electron chi connectivity index (χ3n) is 3.30.